The fraction of sp³-hybridized carbons (Fsp3) is 0.556. The van der Waals surface area contributed by atoms with Crippen molar-refractivity contribution in [1.29, 1.82) is 0 Å². The van der Waals surface area contributed by atoms with Crippen LogP contribution in [0.5, 0.6) is 11.5 Å². The number of benzene rings is 1. The fourth-order valence-corrected chi connectivity index (χ4v) is 2.07. The second-order valence-electron chi connectivity index (χ2n) is 6.37. The summed E-state index contributed by atoms with van der Waals surface area (Å²) in [4.78, 5) is 23.2. The molecule has 0 N–H and O–H groups in total. The first kappa shape index (κ1) is 18.3. The van der Waals surface area contributed by atoms with Crippen LogP contribution in [-0.2, 0) is 19.1 Å². The minimum absolute atomic E-state index is 0.145. The lowest BCUT2D eigenvalue weighted by Gasteiger charge is -2.11. The van der Waals surface area contributed by atoms with E-state index in [4.69, 9.17) is 18.9 Å². The van der Waals surface area contributed by atoms with E-state index in [-0.39, 0.29) is 42.6 Å². The highest BCUT2D eigenvalue weighted by atomic mass is 16.6. The average molecular weight is 336 g/mol. The van der Waals surface area contributed by atoms with E-state index in [2.05, 4.69) is 0 Å². The molecule has 1 heterocycles. The van der Waals surface area contributed by atoms with Gasteiger partial charge in [-0.15, -0.1) is 0 Å². The van der Waals surface area contributed by atoms with E-state index in [1.54, 1.807) is 39.8 Å². The van der Waals surface area contributed by atoms with Gasteiger partial charge in [-0.2, -0.15) is 0 Å². The van der Waals surface area contributed by atoms with Crippen LogP contribution in [0.4, 0.5) is 0 Å². The van der Waals surface area contributed by atoms with Crippen molar-refractivity contribution in [2.24, 2.45) is 11.8 Å². The smallest absolute Gasteiger partial charge is 0.313 e. The summed E-state index contributed by atoms with van der Waals surface area (Å²) < 4.78 is 21.3. The van der Waals surface area contributed by atoms with Gasteiger partial charge in [0, 0.05) is 0 Å². The van der Waals surface area contributed by atoms with E-state index in [1.165, 1.54) is 7.11 Å². The molecule has 2 atom stereocenters. The summed E-state index contributed by atoms with van der Waals surface area (Å²) in [7, 11) is 1.52. The van der Waals surface area contributed by atoms with Crippen LogP contribution in [0.1, 0.15) is 39.4 Å². The van der Waals surface area contributed by atoms with E-state index in [1.807, 2.05) is 6.07 Å². The zero-order valence-electron chi connectivity index (χ0n) is 14.7. The molecule has 1 aromatic carbocycles. The minimum Gasteiger partial charge on any atom is -0.493 e. The Hall–Kier alpha value is -2.08. The van der Waals surface area contributed by atoms with Crippen LogP contribution in [0.25, 0.3) is 0 Å². The van der Waals surface area contributed by atoms with Crippen LogP contribution >= 0.6 is 0 Å². The molecule has 2 rings (SSSR count). The Balaban J connectivity index is 1.98. The van der Waals surface area contributed by atoms with E-state index in [0.29, 0.717) is 11.5 Å². The Morgan fingerprint density at radius 2 is 1.75 bits per heavy atom. The van der Waals surface area contributed by atoms with Gasteiger partial charge < -0.3 is 18.9 Å². The maximum atomic E-state index is 11.7. The van der Waals surface area contributed by atoms with Crippen LogP contribution in [0, 0.1) is 11.8 Å². The Labute approximate surface area is 142 Å². The molecule has 2 unspecified atom stereocenters. The largest absolute Gasteiger partial charge is 0.493 e. The zero-order chi connectivity index (χ0) is 17.9. The number of rotatable bonds is 7. The monoisotopic (exact) mass is 336 g/mol. The molecular formula is C18H24O6. The highest BCUT2D eigenvalue weighted by molar-refractivity contribution is 5.75. The van der Waals surface area contributed by atoms with Gasteiger partial charge in [-0.05, 0) is 17.7 Å². The maximum absolute atomic E-state index is 11.7. The van der Waals surface area contributed by atoms with Gasteiger partial charge in [0.05, 0.1) is 18.9 Å². The van der Waals surface area contributed by atoms with Crippen molar-refractivity contribution in [1.82, 2.24) is 0 Å². The zero-order valence-corrected chi connectivity index (χ0v) is 14.7. The molecule has 1 fully saturated rings. The molecule has 0 saturated carbocycles. The number of esters is 2. The third kappa shape index (κ3) is 4.47. The Bertz CT molecular complexity index is 608. The first-order valence-electron chi connectivity index (χ1n) is 8.05. The molecule has 24 heavy (non-hydrogen) atoms. The minimum atomic E-state index is -0.317. The normalized spacial score (nSPS) is 19.3. The third-order valence-corrected chi connectivity index (χ3v) is 3.64. The molecule has 132 valence electrons. The van der Waals surface area contributed by atoms with Crippen molar-refractivity contribution in [2.75, 3.05) is 13.7 Å². The van der Waals surface area contributed by atoms with Crippen molar-refractivity contribution in [2.45, 2.75) is 39.9 Å². The van der Waals surface area contributed by atoms with Gasteiger partial charge in [0.2, 0.25) is 0 Å². The summed E-state index contributed by atoms with van der Waals surface area (Å²) in [5.74, 6) is -0.0864. The van der Waals surface area contributed by atoms with Crippen molar-refractivity contribution in [3.63, 3.8) is 0 Å². The SMILES string of the molecule is COc1cc(C2OC2COC(=O)C(C)C)ccc1OC(=O)C(C)C. The Morgan fingerprint density at radius 1 is 1.08 bits per heavy atom. The van der Waals surface area contributed by atoms with Gasteiger partial charge in [-0.25, -0.2) is 0 Å². The fourth-order valence-electron chi connectivity index (χ4n) is 2.07. The number of ether oxygens (including phenoxy) is 4. The molecule has 0 radical (unpaired) electrons. The number of carbonyl (C=O) groups excluding carboxylic acids is 2. The van der Waals surface area contributed by atoms with Gasteiger partial charge in [-0.3, -0.25) is 9.59 Å². The van der Waals surface area contributed by atoms with E-state index >= 15 is 0 Å². The number of hydrogen-bond acceptors (Lipinski definition) is 6. The van der Waals surface area contributed by atoms with Crippen molar-refractivity contribution >= 4 is 11.9 Å². The molecule has 0 bridgehead atoms. The van der Waals surface area contributed by atoms with Crippen molar-refractivity contribution in [3.8, 4) is 11.5 Å². The lowest BCUT2D eigenvalue weighted by atomic mass is 10.1. The van der Waals surface area contributed by atoms with Crippen molar-refractivity contribution in [3.05, 3.63) is 23.8 Å². The highest BCUT2D eigenvalue weighted by Crippen LogP contribution is 2.42. The molecule has 0 amide bonds. The topological polar surface area (TPSA) is 74.4 Å². The predicted octanol–water partition coefficient (Wildman–Crippen LogP) is 2.90. The van der Waals surface area contributed by atoms with E-state index in [9.17, 15) is 9.59 Å². The maximum Gasteiger partial charge on any atom is 0.313 e. The van der Waals surface area contributed by atoms with Crippen molar-refractivity contribution < 1.29 is 28.5 Å². The second-order valence-corrected chi connectivity index (χ2v) is 6.37. The summed E-state index contributed by atoms with van der Waals surface area (Å²) in [5.41, 5.74) is 0.891. The summed E-state index contributed by atoms with van der Waals surface area (Å²) in [5, 5.41) is 0. The van der Waals surface area contributed by atoms with Crippen LogP contribution < -0.4 is 9.47 Å². The molecule has 1 aromatic rings. The van der Waals surface area contributed by atoms with Crippen LogP contribution in [0.3, 0.4) is 0 Å². The van der Waals surface area contributed by atoms with Crippen LogP contribution in [-0.4, -0.2) is 31.8 Å². The average Bonchev–Trinajstić information content (AvgIpc) is 3.32. The van der Waals surface area contributed by atoms with Gasteiger partial charge >= 0.3 is 11.9 Å². The summed E-state index contributed by atoms with van der Waals surface area (Å²) in [6.45, 7) is 7.34. The summed E-state index contributed by atoms with van der Waals surface area (Å²) in [6.07, 6.45) is -0.296. The molecule has 0 aliphatic carbocycles. The molecule has 1 aliphatic rings. The Morgan fingerprint density at radius 3 is 2.33 bits per heavy atom. The lowest BCUT2D eigenvalue weighted by molar-refractivity contribution is -0.147. The van der Waals surface area contributed by atoms with E-state index in [0.717, 1.165) is 5.56 Å². The highest BCUT2D eigenvalue weighted by Gasteiger charge is 2.41. The number of epoxide rings is 1. The predicted molar refractivity (Wildman–Crippen MR) is 86.9 cm³/mol. The third-order valence-electron chi connectivity index (χ3n) is 3.64. The van der Waals surface area contributed by atoms with Crippen LogP contribution in [0.2, 0.25) is 0 Å². The summed E-state index contributed by atoms with van der Waals surface area (Å²) >= 11 is 0. The van der Waals surface area contributed by atoms with Gasteiger partial charge in [0.15, 0.2) is 11.5 Å². The molecule has 0 aromatic heterocycles. The summed E-state index contributed by atoms with van der Waals surface area (Å²) in [6, 6.07) is 5.28. The number of methoxy groups -OCH3 is 1. The lowest BCUT2D eigenvalue weighted by Crippen LogP contribution is -2.15. The van der Waals surface area contributed by atoms with Gasteiger partial charge in [-0.1, -0.05) is 33.8 Å². The van der Waals surface area contributed by atoms with E-state index < -0.39 is 0 Å². The molecular weight excluding hydrogens is 312 g/mol. The van der Waals surface area contributed by atoms with Crippen LogP contribution in [0.15, 0.2) is 18.2 Å². The quantitative estimate of drug-likeness (QED) is 0.433. The molecule has 1 aliphatic heterocycles. The standard InChI is InChI=1S/C18H24O6/c1-10(2)17(19)22-9-15-16(23-15)12-6-7-13(14(8-12)21-5)24-18(20)11(3)4/h6-8,10-11,15-16H,9H2,1-5H3. The second kappa shape index (κ2) is 7.66. The molecule has 0 spiro atoms. The first-order valence-corrected chi connectivity index (χ1v) is 8.05. The molecule has 1 saturated heterocycles. The first-order chi connectivity index (χ1) is 11.3. The Kier molecular flexibility index (Phi) is 5.83. The molecule has 6 heteroatoms. The molecule has 6 nitrogen and oxygen atoms in total. The van der Waals surface area contributed by atoms with Gasteiger partial charge in [0.25, 0.3) is 0 Å². The number of hydrogen-bond donors (Lipinski definition) is 0. The number of carbonyl (C=O) groups is 2. The van der Waals surface area contributed by atoms with Gasteiger partial charge in [0.1, 0.15) is 18.8 Å².